The van der Waals surface area contributed by atoms with E-state index in [1.54, 1.807) is 7.11 Å². The van der Waals surface area contributed by atoms with E-state index in [1.807, 2.05) is 42.5 Å². The summed E-state index contributed by atoms with van der Waals surface area (Å²) in [4.78, 5) is 9.28. The van der Waals surface area contributed by atoms with Crippen molar-refractivity contribution < 1.29 is 4.74 Å². The smallest absolute Gasteiger partial charge is 0.193 e. The number of hydrogen-bond donors (Lipinski definition) is 2. The van der Waals surface area contributed by atoms with Gasteiger partial charge in [0.1, 0.15) is 5.75 Å². The fourth-order valence-corrected chi connectivity index (χ4v) is 3.47. The van der Waals surface area contributed by atoms with Crippen LogP contribution in [0.3, 0.4) is 0 Å². The number of rotatable bonds is 7. The molecule has 2 aromatic rings. The van der Waals surface area contributed by atoms with Crippen LogP contribution in [0.2, 0.25) is 5.02 Å². The average molecular weight is 402 g/mol. The average Bonchev–Trinajstić information content (AvgIpc) is 2.72. The van der Waals surface area contributed by atoms with E-state index >= 15 is 0 Å². The Morgan fingerprint density at radius 3 is 2.68 bits per heavy atom. The first-order chi connectivity index (χ1) is 13.6. The number of ether oxygens (including phenoxy) is 1. The molecule has 0 amide bonds. The minimum atomic E-state index is 0.430. The van der Waals surface area contributed by atoms with E-state index in [9.17, 15) is 0 Å². The van der Waals surface area contributed by atoms with Crippen LogP contribution in [0.15, 0.2) is 53.5 Å². The molecule has 150 valence electrons. The van der Waals surface area contributed by atoms with Crippen molar-refractivity contribution in [1.29, 1.82) is 0 Å². The lowest BCUT2D eigenvalue weighted by Crippen LogP contribution is -2.46. The molecule has 1 aliphatic rings. The summed E-state index contributed by atoms with van der Waals surface area (Å²) in [5.74, 6) is 1.22. The molecule has 6 nitrogen and oxygen atoms in total. The number of nitrogens with one attached hydrogen (secondary N) is 1. The van der Waals surface area contributed by atoms with Crippen LogP contribution in [0.5, 0.6) is 5.75 Å². The van der Waals surface area contributed by atoms with Gasteiger partial charge < -0.3 is 20.7 Å². The molecule has 3 N–H and O–H groups in total. The fraction of sp³-hybridized carbons (Fsp3) is 0.381. The normalized spacial score (nSPS) is 15.5. The topological polar surface area (TPSA) is 66.1 Å². The summed E-state index contributed by atoms with van der Waals surface area (Å²) in [6.45, 7) is 5.87. The van der Waals surface area contributed by atoms with Crippen molar-refractivity contribution in [2.75, 3.05) is 56.6 Å². The molecule has 7 heteroatoms. The van der Waals surface area contributed by atoms with Gasteiger partial charge >= 0.3 is 0 Å². The molecule has 28 heavy (non-hydrogen) atoms. The van der Waals surface area contributed by atoms with E-state index in [4.69, 9.17) is 22.1 Å². The molecule has 0 saturated carbocycles. The number of nitrogens with two attached hydrogens (primary N) is 1. The number of methoxy groups -OCH3 is 1. The van der Waals surface area contributed by atoms with Gasteiger partial charge in [-0.2, -0.15) is 0 Å². The number of piperazine rings is 1. The first-order valence-electron chi connectivity index (χ1n) is 9.58. The predicted octanol–water partition coefficient (Wildman–Crippen LogP) is 3.29. The van der Waals surface area contributed by atoms with E-state index in [2.05, 4.69) is 26.2 Å². The molecular formula is C21H28ClN5O. The molecule has 0 unspecified atom stereocenters. The summed E-state index contributed by atoms with van der Waals surface area (Å²) in [7, 11) is 1.64. The van der Waals surface area contributed by atoms with E-state index in [-0.39, 0.29) is 0 Å². The van der Waals surface area contributed by atoms with Gasteiger partial charge in [0.25, 0.3) is 0 Å². The zero-order chi connectivity index (χ0) is 19.8. The summed E-state index contributed by atoms with van der Waals surface area (Å²) in [6.07, 6.45) is 0.984. The van der Waals surface area contributed by atoms with Crippen LogP contribution in [-0.4, -0.2) is 57.2 Å². The minimum Gasteiger partial charge on any atom is -0.497 e. The second-order valence-electron chi connectivity index (χ2n) is 6.79. The van der Waals surface area contributed by atoms with Crippen molar-refractivity contribution in [3.05, 3.63) is 53.6 Å². The standard InChI is InChI=1S/C21H28ClN5O/c1-28-20-8-3-6-18(16-20)25-21(23)24-9-4-10-26-11-13-27(14-12-26)19-7-2-5-17(22)15-19/h2-3,5-8,15-16H,4,9-14H2,1H3,(H3,23,24,25). The lowest BCUT2D eigenvalue weighted by molar-refractivity contribution is 0.256. The molecule has 0 aromatic heterocycles. The van der Waals surface area contributed by atoms with Crippen LogP contribution in [-0.2, 0) is 0 Å². The van der Waals surface area contributed by atoms with E-state index in [0.717, 1.165) is 55.6 Å². The number of anilines is 2. The van der Waals surface area contributed by atoms with Crippen molar-refractivity contribution in [1.82, 2.24) is 4.90 Å². The van der Waals surface area contributed by atoms with Gasteiger partial charge in [-0.25, -0.2) is 0 Å². The molecule has 0 bridgehead atoms. The highest BCUT2D eigenvalue weighted by atomic mass is 35.5. The molecule has 0 radical (unpaired) electrons. The molecule has 0 spiro atoms. The third kappa shape index (κ3) is 6.04. The lowest BCUT2D eigenvalue weighted by Gasteiger charge is -2.36. The number of benzene rings is 2. The first-order valence-corrected chi connectivity index (χ1v) is 9.96. The summed E-state index contributed by atoms with van der Waals surface area (Å²) in [5, 5.41) is 3.89. The van der Waals surface area contributed by atoms with Crippen molar-refractivity contribution >= 4 is 28.9 Å². The van der Waals surface area contributed by atoms with Crippen LogP contribution in [0.25, 0.3) is 0 Å². The highest BCUT2D eigenvalue weighted by Gasteiger charge is 2.16. The second kappa shape index (κ2) is 10.2. The molecule has 0 aliphatic carbocycles. The van der Waals surface area contributed by atoms with Gasteiger partial charge in [0.2, 0.25) is 0 Å². The Hall–Kier alpha value is -2.44. The van der Waals surface area contributed by atoms with Gasteiger partial charge in [-0.1, -0.05) is 23.7 Å². The molecule has 1 saturated heterocycles. The van der Waals surface area contributed by atoms with Crippen molar-refractivity contribution in [2.45, 2.75) is 6.42 Å². The Morgan fingerprint density at radius 1 is 1.14 bits per heavy atom. The Kier molecular flexibility index (Phi) is 7.39. The molecule has 2 aromatic carbocycles. The molecular weight excluding hydrogens is 374 g/mol. The summed E-state index contributed by atoms with van der Waals surface area (Å²) in [6, 6.07) is 15.7. The summed E-state index contributed by atoms with van der Waals surface area (Å²) < 4.78 is 5.21. The third-order valence-corrected chi connectivity index (χ3v) is 5.04. The lowest BCUT2D eigenvalue weighted by atomic mass is 10.2. The fourth-order valence-electron chi connectivity index (χ4n) is 3.28. The second-order valence-corrected chi connectivity index (χ2v) is 7.22. The van der Waals surface area contributed by atoms with E-state index in [1.165, 1.54) is 5.69 Å². The Labute approximate surface area is 171 Å². The quantitative estimate of drug-likeness (QED) is 0.423. The number of guanidine groups is 1. The third-order valence-electron chi connectivity index (χ3n) is 4.80. The Morgan fingerprint density at radius 2 is 1.93 bits per heavy atom. The van der Waals surface area contributed by atoms with Crippen LogP contribution in [0.4, 0.5) is 11.4 Å². The van der Waals surface area contributed by atoms with Crippen molar-refractivity contribution in [3.63, 3.8) is 0 Å². The number of nitrogens with zero attached hydrogens (tertiary/aromatic N) is 3. The molecule has 0 atom stereocenters. The summed E-state index contributed by atoms with van der Waals surface area (Å²) >= 11 is 6.10. The van der Waals surface area contributed by atoms with E-state index < -0.39 is 0 Å². The van der Waals surface area contributed by atoms with Gasteiger partial charge in [0.05, 0.1) is 7.11 Å². The molecule has 1 fully saturated rings. The van der Waals surface area contributed by atoms with Crippen molar-refractivity contribution in [3.8, 4) is 5.75 Å². The van der Waals surface area contributed by atoms with Crippen LogP contribution in [0, 0.1) is 0 Å². The highest BCUT2D eigenvalue weighted by molar-refractivity contribution is 6.30. The van der Waals surface area contributed by atoms with Gasteiger partial charge in [-0.3, -0.25) is 9.89 Å². The Balaban J connectivity index is 1.37. The van der Waals surface area contributed by atoms with Crippen molar-refractivity contribution in [2.24, 2.45) is 10.7 Å². The predicted molar refractivity (Wildman–Crippen MR) is 118 cm³/mol. The summed E-state index contributed by atoms with van der Waals surface area (Å²) in [5.41, 5.74) is 8.05. The van der Waals surface area contributed by atoms with Crippen LogP contribution >= 0.6 is 11.6 Å². The van der Waals surface area contributed by atoms with Gasteiger partial charge in [-0.15, -0.1) is 0 Å². The van der Waals surface area contributed by atoms with Gasteiger partial charge in [-0.05, 0) is 36.8 Å². The number of hydrogen-bond acceptors (Lipinski definition) is 4. The maximum atomic E-state index is 6.10. The zero-order valence-electron chi connectivity index (χ0n) is 16.3. The number of aliphatic imine (C=N–C) groups is 1. The van der Waals surface area contributed by atoms with Crippen LogP contribution in [0.1, 0.15) is 6.42 Å². The van der Waals surface area contributed by atoms with Gasteiger partial charge in [0, 0.05) is 61.7 Å². The van der Waals surface area contributed by atoms with Gasteiger partial charge in [0.15, 0.2) is 5.96 Å². The van der Waals surface area contributed by atoms with E-state index in [0.29, 0.717) is 12.5 Å². The zero-order valence-corrected chi connectivity index (χ0v) is 17.0. The highest BCUT2D eigenvalue weighted by Crippen LogP contribution is 2.21. The maximum absolute atomic E-state index is 6.10. The maximum Gasteiger partial charge on any atom is 0.193 e. The largest absolute Gasteiger partial charge is 0.497 e. The number of halogens is 1. The SMILES string of the molecule is COc1cccc(NC(N)=NCCCN2CCN(c3cccc(Cl)c3)CC2)c1. The molecule has 1 aliphatic heterocycles. The van der Waals surface area contributed by atoms with Crippen LogP contribution < -0.4 is 20.7 Å². The minimum absolute atomic E-state index is 0.430. The first kappa shape index (κ1) is 20.3. The molecule has 3 rings (SSSR count). The monoisotopic (exact) mass is 401 g/mol. The molecule has 1 heterocycles. The Bertz CT molecular complexity index is 790.